The Morgan fingerprint density at radius 3 is 2.96 bits per heavy atom. The first kappa shape index (κ1) is 15.5. The van der Waals surface area contributed by atoms with Gasteiger partial charge in [-0.05, 0) is 37.0 Å². The molecule has 3 rings (SSSR count). The van der Waals surface area contributed by atoms with Crippen LogP contribution in [0.1, 0.15) is 24.8 Å². The van der Waals surface area contributed by atoms with Gasteiger partial charge >= 0.3 is 0 Å². The maximum atomic E-state index is 12.3. The molecular weight excluding hydrogens is 292 g/mol. The Balaban J connectivity index is 1.86. The highest BCUT2D eigenvalue weighted by Gasteiger charge is 2.18. The van der Waals surface area contributed by atoms with Crippen molar-refractivity contribution in [1.82, 2.24) is 4.98 Å². The molecule has 0 fully saturated rings. The standard InChI is InChI=1S/C18H20N2O3/c1-23-11-13-9-17(21)20-16-10-14(7-8-15(13)16)19-18(22)12-5-3-2-4-6-12/h2-3,7-10,12H,4-6,11H2,1H3,(H,19,22)(H,20,21). The van der Waals surface area contributed by atoms with E-state index in [0.29, 0.717) is 17.8 Å². The van der Waals surface area contributed by atoms with Crippen LogP contribution in [0.15, 0.2) is 41.2 Å². The molecule has 0 bridgehead atoms. The van der Waals surface area contributed by atoms with Gasteiger partial charge in [0, 0.05) is 30.2 Å². The highest BCUT2D eigenvalue weighted by atomic mass is 16.5. The second-order valence-corrected chi connectivity index (χ2v) is 5.82. The largest absolute Gasteiger partial charge is 0.380 e. The molecule has 2 aromatic rings. The summed E-state index contributed by atoms with van der Waals surface area (Å²) in [5.41, 5.74) is 2.06. The van der Waals surface area contributed by atoms with Crippen LogP contribution >= 0.6 is 0 Å². The number of benzene rings is 1. The first-order chi connectivity index (χ1) is 11.2. The number of amides is 1. The van der Waals surface area contributed by atoms with E-state index in [0.717, 1.165) is 30.2 Å². The molecule has 5 nitrogen and oxygen atoms in total. The van der Waals surface area contributed by atoms with Crippen molar-refractivity contribution in [3.8, 4) is 0 Å². The molecule has 0 aliphatic heterocycles. The molecule has 5 heteroatoms. The average Bonchev–Trinajstić information content (AvgIpc) is 2.55. The van der Waals surface area contributed by atoms with Crippen molar-refractivity contribution < 1.29 is 9.53 Å². The lowest BCUT2D eigenvalue weighted by molar-refractivity contribution is -0.120. The number of methoxy groups -OCH3 is 1. The third kappa shape index (κ3) is 3.51. The Kier molecular flexibility index (Phi) is 4.57. The normalized spacial score (nSPS) is 17.3. The lowest BCUT2D eigenvalue weighted by atomic mass is 9.93. The zero-order valence-corrected chi connectivity index (χ0v) is 13.1. The van der Waals surface area contributed by atoms with Gasteiger partial charge in [-0.25, -0.2) is 0 Å². The quantitative estimate of drug-likeness (QED) is 0.853. The van der Waals surface area contributed by atoms with Gasteiger partial charge in [-0.2, -0.15) is 0 Å². The molecule has 1 heterocycles. The van der Waals surface area contributed by atoms with Crippen LogP contribution in [-0.2, 0) is 16.1 Å². The van der Waals surface area contributed by atoms with Crippen molar-refractivity contribution in [1.29, 1.82) is 0 Å². The van der Waals surface area contributed by atoms with E-state index in [1.165, 1.54) is 0 Å². The molecule has 1 amide bonds. The summed E-state index contributed by atoms with van der Waals surface area (Å²) in [5.74, 6) is 0.0543. The molecule has 0 radical (unpaired) electrons. The Labute approximate surface area is 134 Å². The predicted molar refractivity (Wildman–Crippen MR) is 90.4 cm³/mol. The van der Waals surface area contributed by atoms with Crippen LogP contribution < -0.4 is 10.9 Å². The molecule has 1 unspecified atom stereocenters. The lowest BCUT2D eigenvalue weighted by Crippen LogP contribution is -2.23. The van der Waals surface area contributed by atoms with Crippen LogP contribution in [0.5, 0.6) is 0 Å². The van der Waals surface area contributed by atoms with E-state index in [9.17, 15) is 9.59 Å². The summed E-state index contributed by atoms with van der Waals surface area (Å²) in [6, 6.07) is 7.09. The Morgan fingerprint density at radius 2 is 2.22 bits per heavy atom. The van der Waals surface area contributed by atoms with Crippen molar-refractivity contribution in [2.75, 3.05) is 12.4 Å². The van der Waals surface area contributed by atoms with Gasteiger partial charge in [0.15, 0.2) is 0 Å². The summed E-state index contributed by atoms with van der Waals surface area (Å²) in [7, 11) is 1.60. The van der Waals surface area contributed by atoms with Crippen molar-refractivity contribution in [2.45, 2.75) is 25.9 Å². The van der Waals surface area contributed by atoms with Gasteiger partial charge in [0.05, 0.1) is 12.1 Å². The number of hydrogen-bond donors (Lipinski definition) is 2. The maximum absolute atomic E-state index is 12.3. The van der Waals surface area contributed by atoms with Crippen molar-refractivity contribution in [2.24, 2.45) is 5.92 Å². The average molecular weight is 312 g/mol. The van der Waals surface area contributed by atoms with Gasteiger partial charge in [0.1, 0.15) is 0 Å². The minimum atomic E-state index is -0.176. The summed E-state index contributed by atoms with van der Waals surface area (Å²) in [6.45, 7) is 0.376. The molecule has 1 aromatic carbocycles. The van der Waals surface area contributed by atoms with Crippen molar-refractivity contribution in [3.63, 3.8) is 0 Å². The molecule has 120 valence electrons. The predicted octanol–water partition coefficient (Wildman–Crippen LogP) is 2.97. The molecule has 0 saturated heterocycles. The number of nitrogens with one attached hydrogen (secondary N) is 2. The zero-order valence-electron chi connectivity index (χ0n) is 13.1. The molecule has 0 saturated carbocycles. The van der Waals surface area contributed by atoms with Gasteiger partial charge in [-0.1, -0.05) is 18.2 Å². The number of hydrogen-bond acceptors (Lipinski definition) is 3. The number of pyridine rings is 1. The maximum Gasteiger partial charge on any atom is 0.248 e. The molecule has 0 spiro atoms. The third-order valence-electron chi connectivity index (χ3n) is 4.14. The van der Waals surface area contributed by atoms with E-state index in [4.69, 9.17) is 4.74 Å². The Morgan fingerprint density at radius 1 is 1.35 bits per heavy atom. The summed E-state index contributed by atoms with van der Waals surface area (Å²) < 4.78 is 5.14. The fraction of sp³-hybridized carbons (Fsp3) is 0.333. The van der Waals surface area contributed by atoms with E-state index < -0.39 is 0 Å². The first-order valence-corrected chi connectivity index (χ1v) is 7.78. The first-order valence-electron chi connectivity index (χ1n) is 7.78. The monoisotopic (exact) mass is 312 g/mol. The summed E-state index contributed by atoms with van der Waals surface area (Å²) in [5, 5.41) is 3.87. The Bertz CT molecular complexity index is 808. The number of anilines is 1. The summed E-state index contributed by atoms with van der Waals surface area (Å²) >= 11 is 0. The van der Waals surface area contributed by atoms with Crippen LogP contribution in [0, 0.1) is 5.92 Å². The van der Waals surface area contributed by atoms with E-state index in [-0.39, 0.29) is 17.4 Å². The number of rotatable bonds is 4. The SMILES string of the molecule is COCc1cc(=O)[nH]c2cc(NC(=O)C3CC=CCC3)ccc12. The minimum absolute atomic E-state index is 0.0228. The highest BCUT2D eigenvalue weighted by Crippen LogP contribution is 2.23. The van der Waals surface area contributed by atoms with E-state index in [2.05, 4.69) is 22.5 Å². The smallest absolute Gasteiger partial charge is 0.248 e. The van der Waals surface area contributed by atoms with E-state index in [1.807, 2.05) is 12.1 Å². The summed E-state index contributed by atoms with van der Waals surface area (Å²) in [6.07, 6.45) is 6.78. The van der Waals surface area contributed by atoms with Crippen LogP contribution in [0.3, 0.4) is 0 Å². The van der Waals surface area contributed by atoms with Gasteiger partial charge in [0.2, 0.25) is 11.5 Å². The molecule has 1 aromatic heterocycles. The number of carbonyl (C=O) groups excluding carboxylic acids is 1. The van der Waals surface area contributed by atoms with Gasteiger partial charge in [0.25, 0.3) is 0 Å². The fourth-order valence-electron chi connectivity index (χ4n) is 2.96. The van der Waals surface area contributed by atoms with Crippen LogP contribution in [0.4, 0.5) is 5.69 Å². The highest BCUT2D eigenvalue weighted by molar-refractivity contribution is 5.95. The molecule has 1 aliphatic rings. The van der Waals surface area contributed by atoms with E-state index in [1.54, 1.807) is 19.2 Å². The number of carbonyl (C=O) groups is 1. The van der Waals surface area contributed by atoms with Crippen LogP contribution in [-0.4, -0.2) is 18.0 Å². The second kappa shape index (κ2) is 6.79. The van der Waals surface area contributed by atoms with Crippen molar-refractivity contribution in [3.05, 3.63) is 52.3 Å². The summed E-state index contributed by atoms with van der Waals surface area (Å²) in [4.78, 5) is 26.9. The van der Waals surface area contributed by atoms with Crippen LogP contribution in [0.25, 0.3) is 10.9 Å². The number of fused-ring (bicyclic) bond motifs is 1. The molecule has 2 N–H and O–H groups in total. The van der Waals surface area contributed by atoms with Gasteiger partial charge < -0.3 is 15.0 Å². The van der Waals surface area contributed by atoms with Gasteiger partial charge in [-0.15, -0.1) is 0 Å². The van der Waals surface area contributed by atoms with Crippen LogP contribution in [0.2, 0.25) is 0 Å². The number of aromatic nitrogens is 1. The van der Waals surface area contributed by atoms with Gasteiger partial charge in [-0.3, -0.25) is 9.59 Å². The minimum Gasteiger partial charge on any atom is -0.380 e. The zero-order chi connectivity index (χ0) is 16.2. The lowest BCUT2D eigenvalue weighted by Gasteiger charge is -2.17. The third-order valence-corrected chi connectivity index (χ3v) is 4.14. The fourth-order valence-corrected chi connectivity index (χ4v) is 2.96. The topological polar surface area (TPSA) is 71.2 Å². The molecule has 23 heavy (non-hydrogen) atoms. The number of ether oxygens (including phenoxy) is 1. The second-order valence-electron chi connectivity index (χ2n) is 5.82. The van der Waals surface area contributed by atoms with Crippen molar-refractivity contribution >= 4 is 22.5 Å². The number of H-pyrrole nitrogens is 1. The molecule has 1 aliphatic carbocycles. The number of allylic oxidation sites excluding steroid dienone is 2. The number of aromatic amines is 1. The molecular formula is C18H20N2O3. The molecule has 1 atom stereocenters. The van der Waals surface area contributed by atoms with E-state index >= 15 is 0 Å². The Hall–Kier alpha value is -2.40.